The van der Waals surface area contributed by atoms with Gasteiger partial charge in [0.25, 0.3) is 0 Å². The van der Waals surface area contributed by atoms with Crippen molar-refractivity contribution < 1.29 is 27.1 Å². The Morgan fingerprint density at radius 1 is 1.14 bits per heavy atom. The lowest BCUT2D eigenvalue weighted by molar-refractivity contribution is -0.153. The normalized spacial score (nSPS) is 16.7. The van der Waals surface area contributed by atoms with Crippen LogP contribution in [0, 0.1) is 5.82 Å². The van der Waals surface area contributed by atoms with Crippen LogP contribution in [0.3, 0.4) is 0 Å². The van der Waals surface area contributed by atoms with E-state index < -0.39 is 22.0 Å². The van der Waals surface area contributed by atoms with Crippen LogP contribution in [0.2, 0.25) is 0 Å². The van der Waals surface area contributed by atoms with Gasteiger partial charge in [0.1, 0.15) is 18.5 Å². The minimum absolute atomic E-state index is 0.00701. The molecule has 0 saturated carbocycles. The van der Waals surface area contributed by atoms with Gasteiger partial charge in [-0.1, -0.05) is 24.3 Å². The third-order valence-electron chi connectivity index (χ3n) is 4.50. The molecule has 29 heavy (non-hydrogen) atoms. The van der Waals surface area contributed by atoms with E-state index in [0.717, 1.165) is 11.8 Å². The Morgan fingerprint density at radius 3 is 2.38 bits per heavy atom. The molecule has 0 bridgehead atoms. The van der Waals surface area contributed by atoms with E-state index in [4.69, 9.17) is 4.74 Å². The molecule has 0 spiro atoms. The van der Waals surface area contributed by atoms with Gasteiger partial charge in [0, 0.05) is 18.7 Å². The monoisotopic (exact) mass is 420 g/mol. The summed E-state index contributed by atoms with van der Waals surface area (Å²) >= 11 is 0. The third-order valence-corrected chi connectivity index (χ3v) is 5.11. The van der Waals surface area contributed by atoms with Crippen molar-refractivity contribution in [3.63, 3.8) is 0 Å². The first-order valence-corrected chi connectivity index (χ1v) is 10.9. The van der Waals surface area contributed by atoms with Gasteiger partial charge in [0.2, 0.25) is 15.9 Å². The second-order valence-electron chi connectivity index (χ2n) is 6.88. The maximum Gasteiger partial charge on any atom is 0.329 e. The highest BCUT2D eigenvalue weighted by molar-refractivity contribution is 7.92. The highest BCUT2D eigenvalue weighted by atomic mass is 32.2. The minimum Gasteiger partial charge on any atom is -0.459 e. The van der Waals surface area contributed by atoms with Gasteiger partial charge in [-0.2, -0.15) is 0 Å². The number of anilines is 1. The predicted octanol–water partition coefficient (Wildman–Crippen LogP) is 2.43. The summed E-state index contributed by atoms with van der Waals surface area (Å²) in [5.41, 5.74) is 1.83. The number of nitrogens with one attached hydrogen (secondary N) is 1. The molecule has 154 valence electrons. The zero-order valence-electron chi connectivity index (χ0n) is 15.8. The molecule has 1 fully saturated rings. The van der Waals surface area contributed by atoms with Crippen molar-refractivity contribution in [1.29, 1.82) is 0 Å². The van der Waals surface area contributed by atoms with Crippen LogP contribution in [0.4, 0.5) is 10.1 Å². The summed E-state index contributed by atoms with van der Waals surface area (Å²) < 4.78 is 43.2. The van der Waals surface area contributed by atoms with Gasteiger partial charge in [-0.3, -0.25) is 9.52 Å². The molecule has 1 heterocycles. The van der Waals surface area contributed by atoms with Crippen LogP contribution in [-0.2, 0) is 37.5 Å². The van der Waals surface area contributed by atoms with E-state index in [1.807, 2.05) is 0 Å². The lowest BCUT2D eigenvalue weighted by atomic mass is 10.2. The van der Waals surface area contributed by atoms with Crippen molar-refractivity contribution in [3.8, 4) is 0 Å². The zero-order valence-corrected chi connectivity index (χ0v) is 16.6. The van der Waals surface area contributed by atoms with E-state index >= 15 is 0 Å². The number of esters is 1. The fraction of sp³-hybridized carbons (Fsp3) is 0.300. The summed E-state index contributed by atoms with van der Waals surface area (Å²) in [6.07, 6.45) is 1.69. The molecule has 1 aliphatic heterocycles. The number of halogens is 1. The number of nitrogens with zero attached hydrogens (tertiary/aromatic N) is 1. The van der Waals surface area contributed by atoms with E-state index in [-0.39, 0.29) is 31.3 Å². The Hall–Kier alpha value is -2.94. The number of sulfonamides is 1. The third kappa shape index (κ3) is 5.77. The van der Waals surface area contributed by atoms with Crippen molar-refractivity contribution in [1.82, 2.24) is 4.90 Å². The first-order chi connectivity index (χ1) is 13.7. The van der Waals surface area contributed by atoms with E-state index in [1.165, 1.54) is 17.0 Å². The van der Waals surface area contributed by atoms with Crippen molar-refractivity contribution in [2.45, 2.75) is 32.0 Å². The average Bonchev–Trinajstić information content (AvgIpc) is 3.02. The summed E-state index contributed by atoms with van der Waals surface area (Å²) in [5.74, 6) is -1.01. The number of benzene rings is 2. The van der Waals surface area contributed by atoms with Crippen molar-refractivity contribution in [3.05, 3.63) is 65.5 Å². The molecule has 1 N–H and O–H groups in total. The van der Waals surface area contributed by atoms with Crippen LogP contribution in [0.5, 0.6) is 0 Å². The summed E-state index contributed by atoms with van der Waals surface area (Å²) in [7, 11) is -3.36. The smallest absolute Gasteiger partial charge is 0.329 e. The first-order valence-electron chi connectivity index (χ1n) is 8.98. The molecular formula is C20H21FN2O5S. The molecule has 0 aliphatic carbocycles. The molecule has 0 aromatic heterocycles. The SMILES string of the molecule is CS(=O)(=O)Nc1ccc(COC(=O)[C@@H]2CCC(=O)N2Cc2ccc(F)cc2)cc1. The first kappa shape index (κ1) is 20.8. The fourth-order valence-electron chi connectivity index (χ4n) is 3.10. The Labute approximate surface area is 168 Å². The Kier molecular flexibility index (Phi) is 6.17. The molecule has 1 aliphatic rings. The number of amides is 1. The number of likely N-dealkylation sites (tertiary alicyclic amines) is 1. The maximum atomic E-state index is 13.1. The molecule has 0 radical (unpaired) electrons. The van der Waals surface area contributed by atoms with Crippen LogP contribution in [0.25, 0.3) is 0 Å². The highest BCUT2D eigenvalue weighted by Crippen LogP contribution is 2.23. The molecule has 1 amide bonds. The number of ether oxygens (including phenoxy) is 1. The summed E-state index contributed by atoms with van der Waals surface area (Å²) in [6, 6.07) is 11.5. The molecule has 1 saturated heterocycles. The number of carbonyl (C=O) groups is 2. The van der Waals surface area contributed by atoms with E-state index in [1.54, 1.807) is 36.4 Å². The molecule has 1 atom stereocenters. The molecular weight excluding hydrogens is 399 g/mol. The largest absolute Gasteiger partial charge is 0.459 e. The lowest BCUT2D eigenvalue weighted by Crippen LogP contribution is -2.39. The quantitative estimate of drug-likeness (QED) is 0.695. The predicted molar refractivity (Wildman–Crippen MR) is 105 cm³/mol. The highest BCUT2D eigenvalue weighted by Gasteiger charge is 2.37. The van der Waals surface area contributed by atoms with Crippen LogP contribution in [0.15, 0.2) is 48.5 Å². The van der Waals surface area contributed by atoms with Gasteiger partial charge in [-0.25, -0.2) is 17.6 Å². The topological polar surface area (TPSA) is 92.8 Å². The summed E-state index contributed by atoms with van der Waals surface area (Å²) in [5, 5.41) is 0. The van der Waals surface area contributed by atoms with E-state index in [0.29, 0.717) is 17.7 Å². The van der Waals surface area contributed by atoms with Crippen LogP contribution in [0.1, 0.15) is 24.0 Å². The van der Waals surface area contributed by atoms with Crippen LogP contribution < -0.4 is 4.72 Å². The van der Waals surface area contributed by atoms with Crippen LogP contribution in [-0.4, -0.2) is 37.5 Å². The fourth-order valence-corrected chi connectivity index (χ4v) is 3.66. The van der Waals surface area contributed by atoms with Gasteiger partial charge >= 0.3 is 5.97 Å². The maximum absolute atomic E-state index is 13.1. The van der Waals surface area contributed by atoms with Gasteiger partial charge in [-0.15, -0.1) is 0 Å². The summed E-state index contributed by atoms with van der Waals surface area (Å²) in [6.45, 7) is 0.220. The Bertz CT molecular complexity index is 991. The minimum atomic E-state index is -3.36. The molecule has 9 heteroatoms. The van der Waals surface area contributed by atoms with Gasteiger partial charge in [0.15, 0.2) is 0 Å². The average molecular weight is 420 g/mol. The molecule has 7 nitrogen and oxygen atoms in total. The zero-order chi connectivity index (χ0) is 21.0. The van der Waals surface area contributed by atoms with Gasteiger partial charge in [0.05, 0.1) is 6.26 Å². The van der Waals surface area contributed by atoms with E-state index in [2.05, 4.69) is 4.72 Å². The van der Waals surface area contributed by atoms with Crippen molar-refractivity contribution in [2.75, 3.05) is 11.0 Å². The van der Waals surface area contributed by atoms with Gasteiger partial charge < -0.3 is 9.64 Å². The number of hydrogen-bond acceptors (Lipinski definition) is 5. The number of hydrogen-bond donors (Lipinski definition) is 1. The van der Waals surface area contributed by atoms with E-state index in [9.17, 15) is 22.4 Å². The molecule has 2 aromatic carbocycles. The number of carbonyl (C=O) groups excluding carboxylic acids is 2. The second kappa shape index (κ2) is 8.60. The summed E-state index contributed by atoms with van der Waals surface area (Å²) in [4.78, 5) is 26.1. The Balaban J connectivity index is 1.59. The van der Waals surface area contributed by atoms with Crippen LogP contribution >= 0.6 is 0 Å². The molecule has 3 rings (SSSR count). The molecule has 0 unspecified atom stereocenters. The second-order valence-corrected chi connectivity index (χ2v) is 8.63. The molecule has 2 aromatic rings. The standard InChI is InChI=1S/C20H21FN2O5S/c1-29(26,27)22-17-8-4-15(5-9-17)13-28-20(25)18-10-11-19(24)23(18)12-14-2-6-16(21)7-3-14/h2-9,18,22H,10-13H2,1H3/t18-/m0/s1. The van der Waals surface area contributed by atoms with Gasteiger partial charge in [-0.05, 0) is 41.8 Å². The Morgan fingerprint density at radius 2 is 1.76 bits per heavy atom. The number of rotatable bonds is 7. The van der Waals surface area contributed by atoms with Crippen molar-refractivity contribution >= 4 is 27.6 Å². The van der Waals surface area contributed by atoms with Crippen molar-refractivity contribution in [2.24, 2.45) is 0 Å². The lowest BCUT2D eigenvalue weighted by Gasteiger charge is -2.23.